The molecule has 2 aromatic rings. The Morgan fingerprint density at radius 1 is 1.42 bits per heavy atom. The van der Waals surface area contributed by atoms with E-state index in [1.807, 2.05) is 39.0 Å². The lowest BCUT2D eigenvalue weighted by Crippen LogP contribution is -2.09. The number of benzene rings is 1. The van der Waals surface area contributed by atoms with Crippen LogP contribution in [0, 0.1) is 6.92 Å². The van der Waals surface area contributed by atoms with Crippen molar-refractivity contribution in [3.05, 3.63) is 41.0 Å². The van der Waals surface area contributed by atoms with Crippen LogP contribution in [0.1, 0.15) is 42.7 Å². The third-order valence-corrected chi connectivity index (χ3v) is 2.83. The van der Waals surface area contributed by atoms with Crippen LogP contribution in [0.5, 0.6) is 5.75 Å². The van der Waals surface area contributed by atoms with Crippen LogP contribution in [0.4, 0.5) is 0 Å². The molecule has 19 heavy (non-hydrogen) atoms. The molecule has 0 aliphatic heterocycles. The van der Waals surface area contributed by atoms with E-state index in [2.05, 4.69) is 10.1 Å². The van der Waals surface area contributed by atoms with E-state index in [1.54, 1.807) is 0 Å². The Hall–Kier alpha value is -1.88. The van der Waals surface area contributed by atoms with E-state index in [-0.39, 0.29) is 12.6 Å². The van der Waals surface area contributed by atoms with Gasteiger partial charge in [0.15, 0.2) is 6.61 Å². The van der Waals surface area contributed by atoms with E-state index in [0.29, 0.717) is 11.7 Å². The summed E-state index contributed by atoms with van der Waals surface area (Å²) in [6.07, 6.45) is 0.725. The third-order valence-electron chi connectivity index (χ3n) is 2.83. The Morgan fingerprint density at radius 2 is 2.21 bits per heavy atom. The Labute approximate surface area is 112 Å². The molecule has 0 amide bonds. The Morgan fingerprint density at radius 3 is 2.84 bits per heavy atom. The first-order valence-corrected chi connectivity index (χ1v) is 6.40. The number of rotatable bonds is 5. The second kappa shape index (κ2) is 5.84. The van der Waals surface area contributed by atoms with Crippen LogP contribution in [-0.2, 0) is 13.0 Å². The van der Waals surface area contributed by atoms with Gasteiger partial charge in [0.2, 0.25) is 11.7 Å². The summed E-state index contributed by atoms with van der Waals surface area (Å²) in [5.74, 6) is 1.94. The van der Waals surface area contributed by atoms with Crippen LogP contribution >= 0.6 is 0 Å². The highest BCUT2D eigenvalue weighted by molar-refractivity contribution is 5.38. The van der Waals surface area contributed by atoms with Crippen molar-refractivity contribution in [2.45, 2.75) is 39.8 Å². The summed E-state index contributed by atoms with van der Waals surface area (Å²) < 4.78 is 10.8. The normalized spacial score (nSPS) is 12.4. The van der Waals surface area contributed by atoms with Gasteiger partial charge in [-0.2, -0.15) is 4.98 Å². The molecule has 0 unspecified atom stereocenters. The lowest BCUT2D eigenvalue weighted by molar-refractivity contribution is 0.281. The number of nitrogens with zero attached hydrogens (tertiary/aromatic N) is 2. The van der Waals surface area contributed by atoms with Gasteiger partial charge in [-0.1, -0.05) is 29.8 Å². The van der Waals surface area contributed by atoms with Crippen molar-refractivity contribution < 1.29 is 9.26 Å². The lowest BCUT2D eigenvalue weighted by atomic mass is 10.1. The summed E-state index contributed by atoms with van der Waals surface area (Å²) in [5, 5.41) is 3.85. The number of nitrogens with two attached hydrogens (primary N) is 1. The van der Waals surface area contributed by atoms with E-state index >= 15 is 0 Å². The SMILES string of the molecule is CCc1nc(COc2ccc(C)cc2[C@H](C)N)no1. The quantitative estimate of drug-likeness (QED) is 0.895. The minimum Gasteiger partial charge on any atom is -0.485 e. The zero-order chi connectivity index (χ0) is 13.8. The van der Waals surface area contributed by atoms with Crippen molar-refractivity contribution in [1.82, 2.24) is 10.1 Å². The molecule has 0 radical (unpaired) electrons. The summed E-state index contributed by atoms with van der Waals surface area (Å²) in [6, 6.07) is 5.88. The summed E-state index contributed by atoms with van der Waals surface area (Å²) in [7, 11) is 0. The van der Waals surface area contributed by atoms with Gasteiger partial charge in [-0.25, -0.2) is 0 Å². The lowest BCUT2D eigenvalue weighted by Gasteiger charge is -2.13. The summed E-state index contributed by atoms with van der Waals surface area (Å²) in [4.78, 5) is 4.20. The predicted molar refractivity (Wildman–Crippen MR) is 71.8 cm³/mol. The van der Waals surface area contributed by atoms with Crippen LogP contribution in [0.25, 0.3) is 0 Å². The first kappa shape index (κ1) is 13.5. The number of hydrogen-bond acceptors (Lipinski definition) is 5. The van der Waals surface area contributed by atoms with Crippen LogP contribution in [0.2, 0.25) is 0 Å². The molecule has 1 heterocycles. The standard InChI is InChI=1S/C14H19N3O2/c1-4-14-16-13(17-19-14)8-18-12-6-5-9(2)7-11(12)10(3)15/h5-7,10H,4,8,15H2,1-3H3/t10-/m0/s1. The molecule has 0 saturated carbocycles. The maximum Gasteiger partial charge on any atom is 0.226 e. The highest BCUT2D eigenvalue weighted by Gasteiger charge is 2.10. The van der Waals surface area contributed by atoms with Crippen LogP contribution in [0.3, 0.4) is 0 Å². The monoisotopic (exact) mass is 261 g/mol. The van der Waals surface area contributed by atoms with Gasteiger partial charge in [0, 0.05) is 18.0 Å². The molecule has 0 fully saturated rings. The first-order valence-electron chi connectivity index (χ1n) is 6.40. The number of aryl methyl sites for hydroxylation is 2. The Balaban J connectivity index is 2.10. The second-order valence-corrected chi connectivity index (χ2v) is 4.58. The fourth-order valence-corrected chi connectivity index (χ4v) is 1.79. The van der Waals surface area contributed by atoms with E-state index in [9.17, 15) is 0 Å². The minimum absolute atomic E-state index is 0.0774. The molecule has 2 N–H and O–H groups in total. The molecule has 0 bridgehead atoms. The molecule has 1 atom stereocenters. The molecule has 5 heteroatoms. The maximum atomic E-state index is 5.95. The highest BCUT2D eigenvalue weighted by Crippen LogP contribution is 2.25. The van der Waals surface area contributed by atoms with Crippen molar-refractivity contribution in [3.8, 4) is 5.75 Å². The average molecular weight is 261 g/mol. The van der Waals surface area contributed by atoms with Crippen LogP contribution in [0.15, 0.2) is 22.7 Å². The third kappa shape index (κ3) is 3.32. The van der Waals surface area contributed by atoms with Gasteiger partial charge in [-0.3, -0.25) is 0 Å². The topological polar surface area (TPSA) is 74.2 Å². The van der Waals surface area contributed by atoms with E-state index in [0.717, 1.165) is 23.3 Å². The molecule has 1 aromatic heterocycles. The van der Waals surface area contributed by atoms with E-state index in [1.165, 1.54) is 0 Å². The molecule has 0 saturated heterocycles. The zero-order valence-electron chi connectivity index (χ0n) is 11.5. The van der Waals surface area contributed by atoms with Gasteiger partial charge in [-0.15, -0.1) is 0 Å². The summed E-state index contributed by atoms with van der Waals surface area (Å²) >= 11 is 0. The maximum absolute atomic E-state index is 5.95. The van der Waals surface area contributed by atoms with Gasteiger partial charge in [0.25, 0.3) is 0 Å². The molecule has 102 valence electrons. The molecule has 1 aromatic carbocycles. The van der Waals surface area contributed by atoms with E-state index < -0.39 is 0 Å². The first-order chi connectivity index (χ1) is 9.10. The van der Waals surface area contributed by atoms with Gasteiger partial charge in [-0.05, 0) is 19.9 Å². The number of ether oxygens (including phenoxy) is 1. The largest absolute Gasteiger partial charge is 0.485 e. The van der Waals surface area contributed by atoms with Gasteiger partial charge in [0.1, 0.15) is 5.75 Å². The smallest absolute Gasteiger partial charge is 0.226 e. The fourth-order valence-electron chi connectivity index (χ4n) is 1.79. The van der Waals surface area contributed by atoms with Gasteiger partial charge in [0.05, 0.1) is 0 Å². The Bertz CT molecular complexity index is 549. The van der Waals surface area contributed by atoms with Crippen molar-refractivity contribution in [1.29, 1.82) is 0 Å². The van der Waals surface area contributed by atoms with Crippen LogP contribution in [-0.4, -0.2) is 10.1 Å². The van der Waals surface area contributed by atoms with Crippen molar-refractivity contribution in [2.75, 3.05) is 0 Å². The van der Waals surface area contributed by atoms with Gasteiger partial charge >= 0.3 is 0 Å². The molecule has 5 nitrogen and oxygen atoms in total. The second-order valence-electron chi connectivity index (χ2n) is 4.58. The van der Waals surface area contributed by atoms with Crippen molar-refractivity contribution >= 4 is 0 Å². The minimum atomic E-state index is -0.0774. The Kier molecular flexibility index (Phi) is 4.16. The van der Waals surface area contributed by atoms with Crippen molar-refractivity contribution in [3.63, 3.8) is 0 Å². The molecular weight excluding hydrogens is 242 g/mol. The molecular formula is C14H19N3O2. The zero-order valence-corrected chi connectivity index (χ0v) is 11.5. The number of hydrogen-bond donors (Lipinski definition) is 1. The van der Waals surface area contributed by atoms with Gasteiger partial charge < -0.3 is 15.0 Å². The fraction of sp³-hybridized carbons (Fsp3) is 0.429. The molecule has 0 aliphatic carbocycles. The molecule has 0 spiro atoms. The highest BCUT2D eigenvalue weighted by atomic mass is 16.5. The van der Waals surface area contributed by atoms with Crippen molar-refractivity contribution in [2.24, 2.45) is 5.73 Å². The number of aromatic nitrogens is 2. The average Bonchev–Trinajstić information content (AvgIpc) is 2.85. The predicted octanol–water partition coefficient (Wildman–Crippen LogP) is 2.54. The van der Waals surface area contributed by atoms with Crippen LogP contribution < -0.4 is 10.5 Å². The summed E-state index contributed by atoms with van der Waals surface area (Å²) in [6.45, 7) is 6.21. The molecule has 0 aliphatic rings. The van der Waals surface area contributed by atoms with E-state index in [4.69, 9.17) is 15.0 Å². The summed E-state index contributed by atoms with van der Waals surface area (Å²) in [5.41, 5.74) is 8.09. The molecule has 2 rings (SSSR count).